The molecule has 6 heteroatoms. The number of hydrogen-bond acceptors (Lipinski definition) is 5. The van der Waals surface area contributed by atoms with Crippen LogP contribution in [-0.4, -0.2) is 46.9 Å². The third-order valence-corrected chi connectivity index (χ3v) is 12.8. The first-order valence-electron chi connectivity index (χ1n) is 27.4. The van der Waals surface area contributed by atoms with E-state index in [1.165, 1.54) is 212 Å². The molecule has 3 atom stereocenters. The Morgan fingerprint density at radius 3 is 1.16 bits per heavy atom. The number of allylic oxidation sites excluding steroid dienone is 2. The van der Waals surface area contributed by atoms with E-state index in [1.54, 1.807) is 0 Å². The molecule has 0 saturated heterocycles. The van der Waals surface area contributed by atoms with E-state index < -0.39 is 18.2 Å². The van der Waals surface area contributed by atoms with E-state index in [4.69, 9.17) is 4.74 Å². The van der Waals surface area contributed by atoms with Crippen molar-refractivity contribution in [2.45, 2.75) is 322 Å². The van der Waals surface area contributed by atoms with E-state index in [2.05, 4.69) is 38.2 Å². The standard InChI is InChI=1S/C55H107NO5/c1-4-7-10-13-16-19-21-23-25-27-29-31-33-35-38-41-44-47-53(58)52(50-57)56-54(59)49-51(46-43-40-37-18-15-12-9-6-3)61-55(60)48-45-42-39-36-34-32-30-28-26-24-22-20-17-14-11-8-5-2/h24,26,51-53,57-58H,4-23,25,27-50H2,1-3H3,(H,56,59)/b26-24+. The minimum Gasteiger partial charge on any atom is -0.462 e. The van der Waals surface area contributed by atoms with Gasteiger partial charge >= 0.3 is 5.97 Å². The maximum atomic E-state index is 13.2. The van der Waals surface area contributed by atoms with Gasteiger partial charge in [0.15, 0.2) is 0 Å². The van der Waals surface area contributed by atoms with Gasteiger partial charge in [-0.1, -0.05) is 251 Å². The van der Waals surface area contributed by atoms with Crippen LogP contribution in [0.3, 0.4) is 0 Å². The third-order valence-electron chi connectivity index (χ3n) is 12.8. The number of amides is 1. The van der Waals surface area contributed by atoms with Crippen LogP contribution in [-0.2, 0) is 14.3 Å². The molecule has 0 saturated carbocycles. The summed E-state index contributed by atoms with van der Waals surface area (Å²) in [6, 6.07) is -0.695. The molecule has 0 aromatic heterocycles. The second-order valence-electron chi connectivity index (χ2n) is 19.0. The van der Waals surface area contributed by atoms with Gasteiger partial charge in [0, 0.05) is 6.42 Å². The number of carbonyl (C=O) groups is 2. The van der Waals surface area contributed by atoms with Crippen LogP contribution in [0.15, 0.2) is 12.2 Å². The van der Waals surface area contributed by atoms with Gasteiger partial charge in [0.25, 0.3) is 0 Å². The van der Waals surface area contributed by atoms with Gasteiger partial charge in [-0.05, 0) is 51.4 Å². The van der Waals surface area contributed by atoms with Gasteiger partial charge in [0.2, 0.25) is 5.91 Å². The Balaban J connectivity index is 4.33. The quantitative estimate of drug-likeness (QED) is 0.0322. The van der Waals surface area contributed by atoms with Gasteiger partial charge < -0.3 is 20.3 Å². The molecule has 0 bridgehead atoms. The Kier molecular flexibility index (Phi) is 48.5. The van der Waals surface area contributed by atoms with Crippen molar-refractivity contribution in [3.05, 3.63) is 12.2 Å². The van der Waals surface area contributed by atoms with E-state index >= 15 is 0 Å². The van der Waals surface area contributed by atoms with Crippen LogP contribution in [0.25, 0.3) is 0 Å². The molecule has 3 N–H and O–H groups in total. The fourth-order valence-electron chi connectivity index (χ4n) is 8.66. The van der Waals surface area contributed by atoms with Crippen LogP contribution in [0.4, 0.5) is 0 Å². The first kappa shape index (κ1) is 59.6. The number of aliphatic hydroxyl groups excluding tert-OH is 2. The summed E-state index contributed by atoms with van der Waals surface area (Å²) in [4.78, 5) is 26.1. The van der Waals surface area contributed by atoms with Gasteiger partial charge in [-0.25, -0.2) is 0 Å². The molecule has 3 unspecified atom stereocenters. The van der Waals surface area contributed by atoms with E-state index in [-0.39, 0.29) is 24.9 Å². The van der Waals surface area contributed by atoms with Crippen molar-refractivity contribution in [2.75, 3.05) is 6.61 Å². The van der Waals surface area contributed by atoms with E-state index in [9.17, 15) is 19.8 Å². The lowest BCUT2D eigenvalue weighted by molar-refractivity contribution is -0.151. The topological polar surface area (TPSA) is 95.9 Å². The Morgan fingerprint density at radius 2 is 0.787 bits per heavy atom. The van der Waals surface area contributed by atoms with Gasteiger partial charge in [-0.2, -0.15) is 0 Å². The predicted molar refractivity (Wildman–Crippen MR) is 264 cm³/mol. The second-order valence-corrected chi connectivity index (χ2v) is 19.0. The zero-order valence-electron chi connectivity index (χ0n) is 41.3. The number of esters is 1. The average Bonchev–Trinajstić information content (AvgIpc) is 3.25. The van der Waals surface area contributed by atoms with Crippen LogP contribution in [0.5, 0.6) is 0 Å². The Bertz CT molecular complexity index is 924. The molecule has 1 amide bonds. The number of nitrogens with one attached hydrogen (secondary N) is 1. The Morgan fingerprint density at radius 1 is 0.459 bits per heavy atom. The first-order valence-corrected chi connectivity index (χ1v) is 27.4. The number of hydrogen-bond donors (Lipinski definition) is 3. The number of unbranched alkanes of at least 4 members (excludes halogenated alkanes) is 36. The molecule has 0 aliphatic heterocycles. The molecule has 362 valence electrons. The molecule has 0 aromatic rings. The predicted octanol–water partition coefficient (Wildman–Crippen LogP) is 16.5. The fraction of sp³-hybridized carbons (Fsp3) is 0.927. The van der Waals surface area contributed by atoms with Crippen LogP contribution in [0, 0.1) is 0 Å². The molecule has 0 aliphatic carbocycles. The van der Waals surface area contributed by atoms with Crippen molar-refractivity contribution in [3.8, 4) is 0 Å². The number of carbonyl (C=O) groups excluding carboxylic acids is 2. The van der Waals surface area contributed by atoms with E-state index in [0.29, 0.717) is 19.3 Å². The van der Waals surface area contributed by atoms with Crippen molar-refractivity contribution in [2.24, 2.45) is 0 Å². The summed E-state index contributed by atoms with van der Waals surface area (Å²) in [6.45, 7) is 6.49. The SMILES string of the molecule is CCCCCCCC/C=C/CCCCCCCCCC(=O)OC(CCCCCCCCCC)CC(=O)NC(CO)C(O)CCCCCCCCCCCCCCCCCCC. The summed E-state index contributed by atoms with van der Waals surface area (Å²) in [5, 5.41) is 23.8. The normalized spacial score (nSPS) is 13.2. The molecule has 6 nitrogen and oxygen atoms in total. The lowest BCUT2D eigenvalue weighted by Crippen LogP contribution is -2.46. The molecular weight excluding hydrogens is 755 g/mol. The zero-order chi connectivity index (χ0) is 44.5. The second kappa shape index (κ2) is 49.6. The van der Waals surface area contributed by atoms with Crippen LogP contribution >= 0.6 is 0 Å². The summed E-state index contributed by atoms with van der Waals surface area (Å²) in [7, 11) is 0. The molecule has 0 fully saturated rings. The van der Waals surface area contributed by atoms with E-state index in [0.717, 1.165) is 44.9 Å². The Labute approximate surface area is 380 Å². The fourth-order valence-corrected chi connectivity index (χ4v) is 8.66. The number of ether oxygens (including phenoxy) is 1. The zero-order valence-corrected chi connectivity index (χ0v) is 41.3. The third kappa shape index (κ3) is 45.0. The summed E-state index contributed by atoms with van der Waals surface area (Å²) < 4.78 is 5.92. The lowest BCUT2D eigenvalue weighted by atomic mass is 10.0. The molecule has 61 heavy (non-hydrogen) atoms. The first-order chi connectivity index (χ1) is 30.0. The molecule has 0 heterocycles. The maximum Gasteiger partial charge on any atom is 0.306 e. The van der Waals surface area contributed by atoms with Crippen molar-refractivity contribution >= 4 is 11.9 Å². The molecule has 0 spiro atoms. The summed E-state index contributed by atoms with van der Waals surface area (Å²) in [5.41, 5.74) is 0. The summed E-state index contributed by atoms with van der Waals surface area (Å²) in [6.07, 6.45) is 55.7. The van der Waals surface area contributed by atoms with Gasteiger partial charge in [-0.15, -0.1) is 0 Å². The lowest BCUT2D eigenvalue weighted by Gasteiger charge is -2.24. The molecule has 0 rings (SSSR count). The smallest absolute Gasteiger partial charge is 0.306 e. The molecule has 0 aromatic carbocycles. The highest BCUT2D eigenvalue weighted by Crippen LogP contribution is 2.18. The molecule has 0 radical (unpaired) electrons. The van der Waals surface area contributed by atoms with Gasteiger partial charge in [0.05, 0.1) is 25.2 Å². The van der Waals surface area contributed by atoms with Crippen molar-refractivity contribution in [1.29, 1.82) is 0 Å². The highest BCUT2D eigenvalue weighted by Gasteiger charge is 2.24. The summed E-state index contributed by atoms with van der Waals surface area (Å²) >= 11 is 0. The highest BCUT2D eigenvalue weighted by atomic mass is 16.5. The van der Waals surface area contributed by atoms with Gasteiger partial charge in [0.1, 0.15) is 6.10 Å². The Hall–Kier alpha value is -1.40. The average molecular weight is 862 g/mol. The van der Waals surface area contributed by atoms with Crippen molar-refractivity contribution in [3.63, 3.8) is 0 Å². The van der Waals surface area contributed by atoms with Crippen molar-refractivity contribution < 1.29 is 24.5 Å². The van der Waals surface area contributed by atoms with Crippen LogP contribution in [0.1, 0.15) is 303 Å². The minimum atomic E-state index is -0.782. The molecule has 0 aliphatic rings. The number of rotatable bonds is 50. The van der Waals surface area contributed by atoms with Crippen molar-refractivity contribution in [1.82, 2.24) is 5.32 Å². The van der Waals surface area contributed by atoms with E-state index in [1.807, 2.05) is 0 Å². The maximum absolute atomic E-state index is 13.2. The minimum absolute atomic E-state index is 0.0822. The van der Waals surface area contributed by atoms with Gasteiger partial charge in [-0.3, -0.25) is 9.59 Å². The summed E-state index contributed by atoms with van der Waals surface area (Å²) in [5.74, 6) is -0.464. The van der Waals surface area contributed by atoms with Crippen LogP contribution in [0.2, 0.25) is 0 Å². The highest BCUT2D eigenvalue weighted by molar-refractivity contribution is 5.77. The van der Waals surface area contributed by atoms with Crippen LogP contribution < -0.4 is 5.32 Å². The monoisotopic (exact) mass is 862 g/mol. The largest absolute Gasteiger partial charge is 0.462 e. The molecular formula is C55H107NO5. The number of aliphatic hydroxyl groups is 2.